The van der Waals surface area contributed by atoms with Crippen molar-refractivity contribution in [3.8, 4) is 5.75 Å². The van der Waals surface area contributed by atoms with Crippen LogP contribution in [0.25, 0.3) is 0 Å². The SMILES string of the molecule is COc1ccc(S(=O)(=O)NCC(N)C2CC2)cc1C(N)=O.Cl. The highest BCUT2D eigenvalue weighted by molar-refractivity contribution is 7.89. The summed E-state index contributed by atoms with van der Waals surface area (Å²) in [4.78, 5) is 11.3. The standard InChI is InChI=1S/C13H19N3O4S.ClH/c1-20-12-5-4-9(6-10(12)13(15)17)21(18,19)16-7-11(14)8-2-3-8;/h4-6,8,11,16H,2-3,7,14H2,1H3,(H2,15,17);1H. The second-order valence-corrected chi connectivity index (χ2v) is 6.85. The largest absolute Gasteiger partial charge is 0.496 e. The fourth-order valence-corrected chi connectivity index (χ4v) is 3.13. The number of carbonyl (C=O) groups is 1. The molecule has 1 unspecified atom stereocenters. The molecular weight excluding hydrogens is 330 g/mol. The molecule has 0 spiro atoms. The molecule has 1 atom stereocenters. The minimum Gasteiger partial charge on any atom is -0.496 e. The van der Waals surface area contributed by atoms with Gasteiger partial charge >= 0.3 is 0 Å². The Kier molecular flexibility index (Phi) is 6.18. The number of methoxy groups -OCH3 is 1. The molecule has 1 saturated carbocycles. The van der Waals surface area contributed by atoms with Crippen LogP contribution >= 0.6 is 12.4 Å². The van der Waals surface area contributed by atoms with Gasteiger partial charge in [-0.15, -0.1) is 12.4 Å². The first-order valence-electron chi connectivity index (χ1n) is 6.58. The zero-order valence-electron chi connectivity index (χ0n) is 12.1. The average molecular weight is 350 g/mol. The molecule has 1 aliphatic rings. The molecule has 0 bridgehead atoms. The van der Waals surface area contributed by atoms with E-state index >= 15 is 0 Å². The number of sulfonamides is 1. The molecule has 1 amide bonds. The number of amides is 1. The van der Waals surface area contributed by atoms with Crippen molar-refractivity contribution in [3.63, 3.8) is 0 Å². The van der Waals surface area contributed by atoms with E-state index in [0.717, 1.165) is 12.8 Å². The lowest BCUT2D eigenvalue weighted by Gasteiger charge is -2.13. The van der Waals surface area contributed by atoms with Crippen molar-refractivity contribution >= 4 is 28.3 Å². The molecule has 9 heteroatoms. The smallest absolute Gasteiger partial charge is 0.252 e. The van der Waals surface area contributed by atoms with E-state index in [0.29, 0.717) is 5.92 Å². The number of carbonyl (C=O) groups excluding carboxylic acids is 1. The van der Waals surface area contributed by atoms with Gasteiger partial charge in [-0.05, 0) is 37.0 Å². The van der Waals surface area contributed by atoms with E-state index in [2.05, 4.69) is 4.72 Å². The molecule has 1 aromatic carbocycles. The summed E-state index contributed by atoms with van der Waals surface area (Å²) in [7, 11) is -2.36. The van der Waals surface area contributed by atoms with Gasteiger partial charge in [-0.3, -0.25) is 4.79 Å². The Morgan fingerprint density at radius 2 is 2.09 bits per heavy atom. The second-order valence-electron chi connectivity index (χ2n) is 5.08. The number of hydrogen-bond donors (Lipinski definition) is 3. The van der Waals surface area contributed by atoms with Gasteiger partial charge in [0.05, 0.1) is 17.6 Å². The number of rotatable bonds is 7. The van der Waals surface area contributed by atoms with Crippen LogP contribution in [0.3, 0.4) is 0 Å². The third-order valence-corrected chi connectivity index (χ3v) is 4.90. The maximum atomic E-state index is 12.2. The fraction of sp³-hybridized carbons (Fsp3) is 0.462. The first-order chi connectivity index (χ1) is 9.85. The summed E-state index contributed by atoms with van der Waals surface area (Å²) in [6.45, 7) is 0.172. The van der Waals surface area contributed by atoms with Gasteiger partial charge in [-0.2, -0.15) is 0 Å². The molecule has 2 rings (SSSR count). The van der Waals surface area contributed by atoms with Crippen molar-refractivity contribution in [3.05, 3.63) is 23.8 Å². The number of benzene rings is 1. The lowest BCUT2D eigenvalue weighted by atomic mass is 10.2. The molecule has 0 radical (unpaired) electrons. The maximum Gasteiger partial charge on any atom is 0.252 e. The van der Waals surface area contributed by atoms with E-state index in [1.807, 2.05) is 0 Å². The van der Waals surface area contributed by atoms with Crippen LogP contribution in [-0.4, -0.2) is 34.0 Å². The van der Waals surface area contributed by atoms with Crippen LogP contribution in [0.15, 0.2) is 23.1 Å². The fourth-order valence-electron chi connectivity index (χ4n) is 2.03. The van der Waals surface area contributed by atoms with Crippen molar-refractivity contribution < 1.29 is 17.9 Å². The first-order valence-corrected chi connectivity index (χ1v) is 8.06. The van der Waals surface area contributed by atoms with Gasteiger partial charge in [0.15, 0.2) is 0 Å². The second kappa shape index (κ2) is 7.28. The first kappa shape index (κ1) is 18.7. The summed E-state index contributed by atoms with van der Waals surface area (Å²) in [6, 6.07) is 3.77. The molecule has 5 N–H and O–H groups in total. The van der Waals surface area contributed by atoms with Crippen LogP contribution < -0.4 is 20.9 Å². The zero-order valence-corrected chi connectivity index (χ0v) is 13.7. The molecule has 0 heterocycles. The minimum absolute atomic E-state index is 0. The molecule has 0 saturated heterocycles. The summed E-state index contributed by atoms with van der Waals surface area (Å²) in [6.07, 6.45) is 2.08. The predicted octanol–water partition coefficient (Wildman–Crippen LogP) is 0.231. The lowest BCUT2D eigenvalue weighted by Crippen LogP contribution is -2.38. The Labute approximate surface area is 135 Å². The van der Waals surface area contributed by atoms with Crippen molar-refractivity contribution in [2.24, 2.45) is 17.4 Å². The van der Waals surface area contributed by atoms with Gasteiger partial charge in [0.2, 0.25) is 10.0 Å². The van der Waals surface area contributed by atoms with Gasteiger partial charge in [0, 0.05) is 12.6 Å². The summed E-state index contributed by atoms with van der Waals surface area (Å²) in [5.41, 5.74) is 11.1. The number of hydrogen-bond acceptors (Lipinski definition) is 5. The van der Waals surface area contributed by atoms with Crippen LogP contribution in [0.2, 0.25) is 0 Å². The van der Waals surface area contributed by atoms with Crippen LogP contribution in [0, 0.1) is 5.92 Å². The Morgan fingerprint density at radius 3 is 2.59 bits per heavy atom. The van der Waals surface area contributed by atoms with E-state index in [1.54, 1.807) is 0 Å². The van der Waals surface area contributed by atoms with Crippen LogP contribution in [0.4, 0.5) is 0 Å². The lowest BCUT2D eigenvalue weighted by molar-refractivity contribution is 0.0997. The highest BCUT2D eigenvalue weighted by atomic mass is 35.5. The molecule has 0 aromatic heterocycles. The molecule has 0 aliphatic heterocycles. The molecular formula is C13H20ClN3O4S. The monoisotopic (exact) mass is 349 g/mol. The summed E-state index contributed by atoms with van der Waals surface area (Å²) in [5.74, 6) is -0.125. The van der Waals surface area contributed by atoms with Gasteiger partial charge in [0.25, 0.3) is 5.91 Å². The summed E-state index contributed by atoms with van der Waals surface area (Å²) in [5, 5.41) is 0. The van der Waals surface area contributed by atoms with Gasteiger partial charge < -0.3 is 16.2 Å². The van der Waals surface area contributed by atoms with E-state index in [9.17, 15) is 13.2 Å². The number of nitrogens with two attached hydrogens (primary N) is 2. The predicted molar refractivity (Wildman–Crippen MR) is 84.6 cm³/mol. The summed E-state index contributed by atoms with van der Waals surface area (Å²) < 4.78 is 31.8. The van der Waals surface area contributed by atoms with Crippen LogP contribution in [0.1, 0.15) is 23.2 Å². The van der Waals surface area contributed by atoms with Crippen molar-refractivity contribution in [2.75, 3.05) is 13.7 Å². The van der Waals surface area contributed by atoms with Crippen LogP contribution in [-0.2, 0) is 10.0 Å². The van der Waals surface area contributed by atoms with E-state index in [4.69, 9.17) is 16.2 Å². The van der Waals surface area contributed by atoms with E-state index in [-0.39, 0.29) is 41.2 Å². The summed E-state index contributed by atoms with van der Waals surface area (Å²) >= 11 is 0. The molecule has 124 valence electrons. The Hall–Kier alpha value is -1.35. The molecule has 1 aromatic rings. The van der Waals surface area contributed by atoms with Gasteiger partial charge in [0.1, 0.15) is 5.75 Å². The van der Waals surface area contributed by atoms with Gasteiger partial charge in [-0.1, -0.05) is 0 Å². The average Bonchev–Trinajstić information content (AvgIpc) is 3.28. The third kappa shape index (κ3) is 4.33. The molecule has 22 heavy (non-hydrogen) atoms. The van der Waals surface area contributed by atoms with Gasteiger partial charge in [-0.25, -0.2) is 13.1 Å². The molecule has 1 aliphatic carbocycles. The van der Waals surface area contributed by atoms with E-state index in [1.165, 1.54) is 25.3 Å². The quantitative estimate of drug-likeness (QED) is 0.650. The Morgan fingerprint density at radius 1 is 1.45 bits per heavy atom. The highest BCUT2D eigenvalue weighted by Gasteiger charge is 2.29. The molecule has 7 nitrogen and oxygen atoms in total. The zero-order chi connectivity index (χ0) is 15.6. The number of primary amides is 1. The van der Waals surface area contributed by atoms with Crippen LogP contribution in [0.5, 0.6) is 5.75 Å². The number of halogens is 1. The number of nitrogens with one attached hydrogen (secondary N) is 1. The van der Waals surface area contributed by atoms with Crippen molar-refractivity contribution in [1.82, 2.24) is 4.72 Å². The highest BCUT2D eigenvalue weighted by Crippen LogP contribution is 2.31. The van der Waals surface area contributed by atoms with Crippen molar-refractivity contribution in [1.29, 1.82) is 0 Å². The number of ether oxygens (including phenoxy) is 1. The molecule has 1 fully saturated rings. The maximum absolute atomic E-state index is 12.2. The normalized spacial score (nSPS) is 15.7. The minimum atomic E-state index is -3.74. The third-order valence-electron chi connectivity index (χ3n) is 3.48. The topological polar surface area (TPSA) is 125 Å². The Bertz CT molecular complexity index is 647. The van der Waals surface area contributed by atoms with E-state index < -0.39 is 15.9 Å². The Balaban J connectivity index is 0.00000242. The van der Waals surface area contributed by atoms with Crippen molar-refractivity contribution in [2.45, 2.75) is 23.8 Å².